The second-order valence-electron chi connectivity index (χ2n) is 5.99. The van der Waals surface area contributed by atoms with E-state index >= 15 is 0 Å². The van der Waals surface area contributed by atoms with Gasteiger partial charge in [-0.2, -0.15) is 16.1 Å². The van der Waals surface area contributed by atoms with Crippen LogP contribution in [0.2, 0.25) is 0 Å². The van der Waals surface area contributed by atoms with Gasteiger partial charge in [-0.15, -0.1) is 0 Å². The number of aliphatic hydroxyl groups excluding tert-OH is 1. The molecule has 0 fully saturated rings. The van der Waals surface area contributed by atoms with Gasteiger partial charge in [0.05, 0.1) is 18.4 Å². The second-order valence-corrected chi connectivity index (χ2v) is 7.76. The number of aliphatic hydroxyl groups is 1. The summed E-state index contributed by atoms with van der Waals surface area (Å²) < 4.78 is 0.750. The Morgan fingerprint density at radius 3 is 2.67 bits per heavy atom. The Kier molecular flexibility index (Phi) is 6.86. The smallest absolute Gasteiger partial charge is 0.251 e. The normalized spacial score (nSPS) is 11.9. The molecular weight excluding hydrogens is 380 g/mol. The third-order valence-corrected chi connectivity index (χ3v) is 5.73. The molecule has 0 saturated carbocycles. The minimum atomic E-state index is -0.741. The van der Waals surface area contributed by atoms with Crippen LogP contribution in [-0.2, 0) is 11.3 Å². The molecular formula is C20H20N2O3S2. The van der Waals surface area contributed by atoms with Crippen molar-refractivity contribution in [2.75, 3.05) is 12.3 Å². The number of thioether (sulfide) groups is 1. The van der Waals surface area contributed by atoms with Crippen molar-refractivity contribution in [2.45, 2.75) is 17.7 Å². The molecule has 0 aliphatic carbocycles. The summed E-state index contributed by atoms with van der Waals surface area (Å²) in [5, 5.41) is 26.5. The molecule has 0 aliphatic rings. The van der Waals surface area contributed by atoms with Crippen LogP contribution >= 0.6 is 23.1 Å². The largest absolute Gasteiger partial charge is 0.618 e. The van der Waals surface area contributed by atoms with Gasteiger partial charge >= 0.3 is 0 Å². The number of hydrogen-bond donors (Lipinski definition) is 1. The zero-order valence-electron chi connectivity index (χ0n) is 14.6. The number of thiophene rings is 1. The monoisotopic (exact) mass is 400 g/mol. The average Bonchev–Trinajstić information content (AvgIpc) is 3.22. The quantitative estimate of drug-likeness (QED) is 0.358. The fourth-order valence-corrected chi connectivity index (χ4v) is 4.11. The van der Waals surface area contributed by atoms with Crippen LogP contribution in [0, 0.1) is 5.21 Å². The Bertz CT molecular complexity index is 857. The summed E-state index contributed by atoms with van der Waals surface area (Å²) in [5.74, 6) is 0.0112. The predicted molar refractivity (Wildman–Crippen MR) is 107 cm³/mol. The van der Waals surface area contributed by atoms with Crippen molar-refractivity contribution in [3.63, 3.8) is 0 Å². The topological polar surface area (TPSA) is 67.5 Å². The van der Waals surface area contributed by atoms with Crippen LogP contribution in [0.25, 0.3) is 0 Å². The van der Waals surface area contributed by atoms with E-state index in [1.54, 1.807) is 23.1 Å². The van der Waals surface area contributed by atoms with Gasteiger partial charge in [-0.05, 0) is 45.8 Å². The first-order valence-electron chi connectivity index (χ1n) is 8.46. The summed E-state index contributed by atoms with van der Waals surface area (Å²) in [7, 11) is 0. The number of amides is 1. The van der Waals surface area contributed by atoms with E-state index < -0.39 is 6.10 Å². The maximum Gasteiger partial charge on any atom is 0.251 e. The van der Waals surface area contributed by atoms with E-state index in [0.717, 1.165) is 15.9 Å². The van der Waals surface area contributed by atoms with E-state index in [1.165, 1.54) is 29.3 Å². The third-order valence-electron chi connectivity index (χ3n) is 4.02. The van der Waals surface area contributed by atoms with Crippen molar-refractivity contribution < 1.29 is 14.6 Å². The summed E-state index contributed by atoms with van der Waals surface area (Å²) in [4.78, 5) is 14.5. The highest BCUT2D eigenvalue weighted by molar-refractivity contribution is 7.99. The van der Waals surface area contributed by atoms with Crippen LogP contribution in [0.1, 0.15) is 17.2 Å². The Morgan fingerprint density at radius 1 is 1.19 bits per heavy atom. The van der Waals surface area contributed by atoms with Gasteiger partial charge in [-0.3, -0.25) is 4.79 Å². The lowest BCUT2D eigenvalue weighted by Crippen LogP contribution is -2.36. The first-order valence-corrected chi connectivity index (χ1v) is 10.4. The minimum absolute atomic E-state index is 0.123. The number of nitrogens with zero attached hydrogens (tertiary/aromatic N) is 2. The van der Waals surface area contributed by atoms with Gasteiger partial charge < -0.3 is 15.2 Å². The molecule has 0 saturated heterocycles. The molecule has 5 nitrogen and oxygen atoms in total. The molecule has 2 aromatic heterocycles. The molecule has 1 N–H and O–H groups in total. The van der Waals surface area contributed by atoms with Crippen LogP contribution in [0.5, 0.6) is 0 Å². The van der Waals surface area contributed by atoms with E-state index in [1.807, 2.05) is 47.2 Å². The number of hydrogen-bond acceptors (Lipinski definition) is 5. The van der Waals surface area contributed by atoms with Crippen LogP contribution in [0.4, 0.5) is 0 Å². The van der Waals surface area contributed by atoms with E-state index in [4.69, 9.17) is 0 Å². The summed E-state index contributed by atoms with van der Waals surface area (Å²) >= 11 is 2.71. The molecule has 3 aromatic rings. The van der Waals surface area contributed by atoms with Crippen molar-refractivity contribution in [1.82, 2.24) is 4.90 Å². The number of aromatic nitrogens is 1. The van der Waals surface area contributed by atoms with E-state index in [0.29, 0.717) is 11.6 Å². The van der Waals surface area contributed by atoms with Crippen molar-refractivity contribution in [3.05, 3.63) is 87.9 Å². The van der Waals surface area contributed by atoms with Crippen molar-refractivity contribution in [2.24, 2.45) is 0 Å². The first-order chi connectivity index (χ1) is 13.1. The van der Waals surface area contributed by atoms with Crippen LogP contribution in [0.15, 0.2) is 76.6 Å². The second kappa shape index (κ2) is 9.55. The Hall–Kier alpha value is -2.35. The van der Waals surface area contributed by atoms with Crippen LogP contribution in [0.3, 0.4) is 0 Å². The molecule has 0 bridgehead atoms. The molecule has 0 spiro atoms. The Labute approximate surface area is 166 Å². The third kappa shape index (κ3) is 5.56. The lowest BCUT2D eigenvalue weighted by Gasteiger charge is -2.25. The molecule has 0 unspecified atom stereocenters. The molecule has 3 rings (SSSR count). The maximum atomic E-state index is 12.8. The summed E-state index contributed by atoms with van der Waals surface area (Å²) in [6.45, 7) is 0.616. The SMILES string of the molecule is O=C(CSc1cccc[n+]1[O-])N(Cc1ccccc1)C[C@@H](O)c1ccsc1. The Balaban J connectivity index is 1.69. The predicted octanol–water partition coefficient (Wildman–Crippen LogP) is 3.24. The number of pyridine rings is 1. The molecule has 2 heterocycles. The van der Waals surface area contributed by atoms with E-state index in [2.05, 4.69) is 0 Å². The molecule has 7 heteroatoms. The molecule has 1 atom stereocenters. The lowest BCUT2D eigenvalue weighted by atomic mass is 10.1. The van der Waals surface area contributed by atoms with Crippen LogP contribution in [-0.4, -0.2) is 28.2 Å². The number of carbonyl (C=O) groups is 1. The molecule has 1 aromatic carbocycles. The van der Waals surface area contributed by atoms with Crippen molar-refractivity contribution in [3.8, 4) is 0 Å². The van der Waals surface area contributed by atoms with Gasteiger partial charge in [-0.1, -0.05) is 30.3 Å². The lowest BCUT2D eigenvalue weighted by molar-refractivity contribution is -0.645. The standard InChI is InChI=1S/C20H20N2O3S2/c23-18(17-9-11-26-14-17)13-21(12-16-6-2-1-3-7-16)19(24)15-27-20-8-4-5-10-22(20)25/h1-11,14,18,23H,12-13,15H2/t18-/m1/s1. The summed E-state index contributed by atoms with van der Waals surface area (Å²) in [6, 6.07) is 16.6. The molecule has 0 aliphatic heterocycles. The van der Waals surface area contributed by atoms with Gasteiger partial charge in [0.1, 0.15) is 0 Å². The van der Waals surface area contributed by atoms with Gasteiger partial charge in [0.25, 0.3) is 5.03 Å². The highest BCUT2D eigenvalue weighted by Crippen LogP contribution is 2.20. The fourth-order valence-electron chi connectivity index (χ4n) is 2.59. The molecule has 0 radical (unpaired) electrons. The average molecular weight is 401 g/mol. The number of benzene rings is 1. The van der Waals surface area contributed by atoms with Gasteiger partial charge in [-0.25, -0.2) is 0 Å². The fraction of sp³-hybridized carbons (Fsp3) is 0.200. The highest BCUT2D eigenvalue weighted by Gasteiger charge is 2.20. The first kappa shape index (κ1) is 19.4. The number of carbonyl (C=O) groups excluding carboxylic acids is 1. The van der Waals surface area contributed by atoms with E-state index in [-0.39, 0.29) is 18.2 Å². The summed E-state index contributed by atoms with van der Waals surface area (Å²) in [6.07, 6.45) is 0.671. The van der Waals surface area contributed by atoms with Gasteiger partial charge in [0.2, 0.25) is 5.91 Å². The van der Waals surface area contributed by atoms with Crippen LogP contribution < -0.4 is 4.73 Å². The Morgan fingerprint density at radius 2 is 1.96 bits per heavy atom. The van der Waals surface area contributed by atoms with E-state index in [9.17, 15) is 15.1 Å². The zero-order chi connectivity index (χ0) is 19.1. The highest BCUT2D eigenvalue weighted by atomic mass is 32.2. The van der Waals surface area contributed by atoms with Crippen molar-refractivity contribution in [1.29, 1.82) is 0 Å². The molecule has 1 amide bonds. The van der Waals surface area contributed by atoms with Gasteiger partial charge in [0, 0.05) is 18.7 Å². The summed E-state index contributed by atoms with van der Waals surface area (Å²) in [5.41, 5.74) is 1.80. The zero-order valence-corrected chi connectivity index (χ0v) is 16.2. The number of rotatable bonds is 8. The maximum absolute atomic E-state index is 12.8. The van der Waals surface area contributed by atoms with Crippen molar-refractivity contribution >= 4 is 29.0 Å². The molecule has 27 heavy (non-hydrogen) atoms. The van der Waals surface area contributed by atoms with Gasteiger partial charge in [0.15, 0.2) is 6.20 Å². The molecule has 140 valence electrons. The minimum Gasteiger partial charge on any atom is -0.618 e.